The molecule has 0 aliphatic rings. The van der Waals surface area contributed by atoms with Crippen LogP contribution in [0.1, 0.15) is 40.4 Å². The average Bonchev–Trinajstić information content (AvgIpc) is 2.67. The zero-order valence-electron chi connectivity index (χ0n) is 11.2. The number of hydrogen-bond acceptors (Lipinski definition) is 3. The van der Waals surface area contributed by atoms with Crippen LogP contribution in [0.4, 0.5) is 0 Å². The highest BCUT2D eigenvalue weighted by molar-refractivity contribution is 7.14. The Labute approximate surface area is 113 Å². The van der Waals surface area contributed by atoms with Crippen LogP contribution in [0.3, 0.4) is 0 Å². The maximum absolute atomic E-state index is 11.9. The summed E-state index contributed by atoms with van der Waals surface area (Å²) >= 11 is 1.43. The average molecular weight is 264 g/mol. The summed E-state index contributed by atoms with van der Waals surface area (Å²) in [6, 6.07) is 1.88. The molecular formula is C14H20N2OS. The number of aryl methyl sites for hydroxylation is 1. The number of thiophene rings is 1. The van der Waals surface area contributed by atoms with Gasteiger partial charge < -0.3 is 11.1 Å². The van der Waals surface area contributed by atoms with E-state index in [1.54, 1.807) is 0 Å². The third-order valence-corrected chi connectivity index (χ3v) is 3.60. The van der Waals surface area contributed by atoms with Crippen molar-refractivity contribution < 1.29 is 4.79 Å². The summed E-state index contributed by atoms with van der Waals surface area (Å²) in [6.07, 6.45) is 0.996. The zero-order valence-corrected chi connectivity index (χ0v) is 12.0. The van der Waals surface area contributed by atoms with E-state index in [4.69, 9.17) is 5.73 Å². The summed E-state index contributed by atoms with van der Waals surface area (Å²) in [6.45, 7) is 7.30. The predicted octanol–water partition coefficient (Wildman–Crippen LogP) is 2.14. The minimum absolute atomic E-state index is 0.00968. The topological polar surface area (TPSA) is 55.1 Å². The Morgan fingerprint density at radius 2 is 2.28 bits per heavy atom. The van der Waals surface area contributed by atoms with Crippen molar-refractivity contribution in [3.63, 3.8) is 0 Å². The molecule has 3 N–H and O–H groups in total. The maximum Gasteiger partial charge on any atom is 0.261 e. The molecule has 1 rings (SSSR count). The number of hydrogen-bond donors (Lipinski definition) is 2. The Morgan fingerprint density at radius 1 is 1.56 bits per heavy atom. The van der Waals surface area contributed by atoms with Crippen molar-refractivity contribution in [2.45, 2.75) is 27.2 Å². The van der Waals surface area contributed by atoms with Crippen LogP contribution in [0.25, 0.3) is 0 Å². The third kappa shape index (κ3) is 4.52. The largest absolute Gasteiger partial charge is 0.351 e. The Kier molecular flexibility index (Phi) is 5.90. The third-order valence-electron chi connectivity index (χ3n) is 2.45. The molecule has 98 valence electrons. The molecule has 0 aromatic carbocycles. The van der Waals surface area contributed by atoms with Gasteiger partial charge >= 0.3 is 0 Å². The zero-order chi connectivity index (χ0) is 13.5. The standard InChI is InChI=1S/C14H20N2OS/c1-10(2)6-8-16-14(17)13-9-11(3)12(18-13)5-4-7-15/h9-10H,6-8,15H2,1-3H3,(H,16,17). The second kappa shape index (κ2) is 7.20. The van der Waals surface area contributed by atoms with E-state index in [-0.39, 0.29) is 5.91 Å². The molecule has 0 spiro atoms. The van der Waals surface area contributed by atoms with Gasteiger partial charge in [-0.15, -0.1) is 11.3 Å². The van der Waals surface area contributed by atoms with Gasteiger partial charge in [-0.25, -0.2) is 0 Å². The molecule has 1 aromatic heterocycles. The number of carbonyl (C=O) groups excluding carboxylic acids is 1. The van der Waals surface area contributed by atoms with Crippen LogP contribution in [0.15, 0.2) is 6.07 Å². The molecule has 3 nitrogen and oxygen atoms in total. The van der Waals surface area contributed by atoms with Crippen LogP contribution >= 0.6 is 11.3 Å². The lowest BCUT2D eigenvalue weighted by molar-refractivity contribution is 0.0956. The summed E-state index contributed by atoms with van der Waals surface area (Å²) in [5.74, 6) is 6.39. The van der Waals surface area contributed by atoms with Gasteiger partial charge in [-0.3, -0.25) is 4.79 Å². The fourth-order valence-corrected chi connectivity index (χ4v) is 2.37. The fourth-order valence-electron chi connectivity index (χ4n) is 1.41. The van der Waals surface area contributed by atoms with Gasteiger partial charge in [0.05, 0.1) is 16.3 Å². The van der Waals surface area contributed by atoms with E-state index < -0.39 is 0 Å². The second-order valence-electron chi connectivity index (χ2n) is 4.57. The maximum atomic E-state index is 11.9. The molecule has 1 heterocycles. The molecule has 0 aliphatic heterocycles. The number of nitrogens with two attached hydrogens (primary N) is 1. The molecule has 1 aromatic rings. The summed E-state index contributed by atoms with van der Waals surface area (Å²) in [5, 5.41) is 2.93. The van der Waals surface area contributed by atoms with Crippen molar-refractivity contribution in [2.24, 2.45) is 11.7 Å². The SMILES string of the molecule is Cc1cc(C(=O)NCCC(C)C)sc1C#CCN. The molecule has 1 amide bonds. The molecule has 0 aliphatic carbocycles. The van der Waals surface area contributed by atoms with Crippen LogP contribution in [0, 0.1) is 24.7 Å². The van der Waals surface area contributed by atoms with Gasteiger partial charge in [0, 0.05) is 6.54 Å². The molecule has 0 saturated heterocycles. The Hall–Kier alpha value is -1.31. The van der Waals surface area contributed by atoms with E-state index in [1.165, 1.54) is 11.3 Å². The first-order valence-electron chi connectivity index (χ1n) is 6.12. The smallest absolute Gasteiger partial charge is 0.261 e. The van der Waals surface area contributed by atoms with E-state index in [1.807, 2.05) is 13.0 Å². The van der Waals surface area contributed by atoms with Crippen LogP contribution in [0.2, 0.25) is 0 Å². The van der Waals surface area contributed by atoms with Crippen molar-refractivity contribution in [3.8, 4) is 11.8 Å². The van der Waals surface area contributed by atoms with Crippen molar-refractivity contribution >= 4 is 17.2 Å². The van der Waals surface area contributed by atoms with Crippen molar-refractivity contribution in [1.82, 2.24) is 5.32 Å². The molecule has 0 radical (unpaired) electrons. The molecule has 18 heavy (non-hydrogen) atoms. The van der Waals surface area contributed by atoms with E-state index in [9.17, 15) is 4.79 Å². The van der Waals surface area contributed by atoms with Gasteiger partial charge in [0.2, 0.25) is 0 Å². The van der Waals surface area contributed by atoms with Crippen LogP contribution in [-0.4, -0.2) is 19.0 Å². The van der Waals surface area contributed by atoms with E-state index in [2.05, 4.69) is 31.0 Å². The lowest BCUT2D eigenvalue weighted by Gasteiger charge is -2.05. The molecule has 0 atom stereocenters. The van der Waals surface area contributed by atoms with Crippen LogP contribution in [0.5, 0.6) is 0 Å². The van der Waals surface area contributed by atoms with Crippen molar-refractivity contribution in [3.05, 3.63) is 21.4 Å². The van der Waals surface area contributed by atoms with Gasteiger partial charge in [-0.05, 0) is 30.9 Å². The Bertz CT molecular complexity index is 466. The Morgan fingerprint density at radius 3 is 2.89 bits per heavy atom. The first kappa shape index (κ1) is 14.7. The van der Waals surface area contributed by atoms with Gasteiger partial charge in [0.15, 0.2) is 0 Å². The first-order valence-corrected chi connectivity index (χ1v) is 6.93. The van der Waals surface area contributed by atoms with Gasteiger partial charge in [0.25, 0.3) is 5.91 Å². The highest BCUT2D eigenvalue weighted by Gasteiger charge is 2.11. The predicted molar refractivity (Wildman–Crippen MR) is 76.8 cm³/mol. The van der Waals surface area contributed by atoms with Crippen LogP contribution in [-0.2, 0) is 0 Å². The molecule has 0 fully saturated rings. The van der Waals surface area contributed by atoms with Gasteiger partial charge in [0.1, 0.15) is 0 Å². The van der Waals surface area contributed by atoms with Crippen LogP contribution < -0.4 is 11.1 Å². The van der Waals surface area contributed by atoms with Crippen molar-refractivity contribution in [2.75, 3.05) is 13.1 Å². The summed E-state index contributed by atoms with van der Waals surface area (Å²) in [4.78, 5) is 13.5. The van der Waals surface area contributed by atoms with E-state index in [0.717, 1.165) is 28.3 Å². The van der Waals surface area contributed by atoms with Gasteiger partial charge in [-0.2, -0.15) is 0 Å². The molecule has 0 unspecified atom stereocenters. The monoisotopic (exact) mass is 264 g/mol. The van der Waals surface area contributed by atoms with E-state index in [0.29, 0.717) is 12.5 Å². The molecule has 0 saturated carbocycles. The minimum atomic E-state index is -0.00968. The lowest BCUT2D eigenvalue weighted by Crippen LogP contribution is -2.24. The Balaban J connectivity index is 2.64. The minimum Gasteiger partial charge on any atom is -0.351 e. The number of amides is 1. The quantitative estimate of drug-likeness (QED) is 0.819. The lowest BCUT2D eigenvalue weighted by atomic mass is 10.1. The normalized spacial score (nSPS) is 10.1. The second-order valence-corrected chi connectivity index (χ2v) is 5.62. The molecule has 0 bridgehead atoms. The number of carbonyl (C=O) groups is 1. The van der Waals surface area contributed by atoms with Gasteiger partial charge in [-0.1, -0.05) is 25.7 Å². The summed E-state index contributed by atoms with van der Waals surface area (Å²) in [7, 11) is 0. The highest BCUT2D eigenvalue weighted by atomic mass is 32.1. The fraction of sp³-hybridized carbons (Fsp3) is 0.500. The highest BCUT2D eigenvalue weighted by Crippen LogP contribution is 2.20. The number of rotatable bonds is 4. The first-order chi connectivity index (χ1) is 8.54. The van der Waals surface area contributed by atoms with Crippen molar-refractivity contribution in [1.29, 1.82) is 0 Å². The molecule has 4 heteroatoms. The van der Waals surface area contributed by atoms with E-state index >= 15 is 0 Å². The molecular weight excluding hydrogens is 244 g/mol. The number of nitrogens with one attached hydrogen (secondary N) is 1. The summed E-state index contributed by atoms with van der Waals surface area (Å²) in [5.41, 5.74) is 6.38. The summed E-state index contributed by atoms with van der Waals surface area (Å²) < 4.78 is 0.